The summed E-state index contributed by atoms with van der Waals surface area (Å²) in [5.74, 6) is 2.79. The van der Waals surface area contributed by atoms with Crippen LogP contribution in [0.3, 0.4) is 0 Å². The van der Waals surface area contributed by atoms with Gasteiger partial charge in [-0.15, -0.1) is 0 Å². The van der Waals surface area contributed by atoms with Crippen molar-refractivity contribution >= 4 is 11.1 Å². The average molecular weight is 472 g/mol. The molecule has 0 amide bonds. The van der Waals surface area contributed by atoms with Crippen LogP contribution in [0.4, 0.5) is 0 Å². The first-order valence-electron chi connectivity index (χ1n) is 12.5. The number of phenols is 2. The number of benzene rings is 3. The summed E-state index contributed by atoms with van der Waals surface area (Å²) in [7, 11) is 0. The molecule has 0 unspecified atom stereocenters. The molecule has 0 aliphatic carbocycles. The Morgan fingerprint density at radius 3 is 2.31 bits per heavy atom. The van der Waals surface area contributed by atoms with E-state index in [2.05, 4.69) is 30.9 Å². The van der Waals surface area contributed by atoms with Crippen LogP contribution in [0.1, 0.15) is 49.5 Å². The fourth-order valence-electron chi connectivity index (χ4n) is 5.08. The standard InChI is InChI=1S/C30H33NO4/c1-3-20-18-31(19-20)15-16-34-25-12-7-22(8-13-25)30-29(21-5-9-23(32)10-6-21)26(4-2)27-14-11-24(33)17-28(27)35-30/h5-14,17,20,30,32-33H,3-4,15-16,18-19H2,1-2H3/t30-/m1/s1. The molecule has 0 bridgehead atoms. The van der Waals surface area contributed by atoms with Crippen LogP contribution in [0, 0.1) is 5.92 Å². The predicted octanol–water partition coefficient (Wildman–Crippen LogP) is 6.27. The molecule has 2 heterocycles. The van der Waals surface area contributed by atoms with Crippen LogP contribution in [-0.4, -0.2) is 41.4 Å². The summed E-state index contributed by atoms with van der Waals surface area (Å²) < 4.78 is 12.5. The quantitative estimate of drug-likeness (QED) is 0.405. The van der Waals surface area contributed by atoms with E-state index in [-0.39, 0.29) is 17.6 Å². The molecular formula is C30H33NO4. The van der Waals surface area contributed by atoms with Crippen molar-refractivity contribution in [3.8, 4) is 23.0 Å². The molecule has 3 aromatic rings. The molecular weight excluding hydrogens is 438 g/mol. The van der Waals surface area contributed by atoms with Gasteiger partial charge in [-0.2, -0.15) is 0 Å². The van der Waals surface area contributed by atoms with Crippen molar-refractivity contribution in [2.45, 2.75) is 32.8 Å². The van der Waals surface area contributed by atoms with Gasteiger partial charge in [0.05, 0.1) is 0 Å². The monoisotopic (exact) mass is 471 g/mol. The van der Waals surface area contributed by atoms with Gasteiger partial charge in [0, 0.05) is 36.8 Å². The topological polar surface area (TPSA) is 62.2 Å². The number of ether oxygens (including phenoxy) is 2. The lowest BCUT2D eigenvalue weighted by Crippen LogP contribution is -2.47. The van der Waals surface area contributed by atoms with E-state index in [1.165, 1.54) is 25.1 Å². The summed E-state index contributed by atoms with van der Waals surface area (Å²) >= 11 is 0. The van der Waals surface area contributed by atoms with E-state index < -0.39 is 0 Å². The van der Waals surface area contributed by atoms with Crippen molar-refractivity contribution in [3.63, 3.8) is 0 Å². The van der Waals surface area contributed by atoms with Gasteiger partial charge in [-0.1, -0.05) is 44.5 Å². The highest BCUT2D eigenvalue weighted by atomic mass is 16.5. The Balaban J connectivity index is 1.40. The second-order valence-corrected chi connectivity index (χ2v) is 9.42. The smallest absolute Gasteiger partial charge is 0.150 e. The molecule has 1 fully saturated rings. The van der Waals surface area contributed by atoms with E-state index in [1.807, 2.05) is 30.3 Å². The third kappa shape index (κ3) is 4.87. The number of nitrogens with zero attached hydrogens (tertiary/aromatic N) is 1. The Morgan fingerprint density at radius 1 is 0.914 bits per heavy atom. The van der Waals surface area contributed by atoms with E-state index in [0.29, 0.717) is 12.4 Å². The first kappa shape index (κ1) is 23.3. The van der Waals surface area contributed by atoms with E-state index >= 15 is 0 Å². The molecule has 5 heteroatoms. The molecule has 0 spiro atoms. The third-order valence-electron chi connectivity index (χ3n) is 7.12. The van der Waals surface area contributed by atoms with E-state index in [4.69, 9.17) is 9.47 Å². The van der Waals surface area contributed by atoms with Gasteiger partial charge in [0.1, 0.15) is 35.7 Å². The minimum absolute atomic E-state index is 0.183. The van der Waals surface area contributed by atoms with Crippen molar-refractivity contribution in [3.05, 3.63) is 83.4 Å². The van der Waals surface area contributed by atoms with Crippen LogP contribution in [0.15, 0.2) is 66.7 Å². The summed E-state index contributed by atoms with van der Waals surface area (Å²) in [4.78, 5) is 2.44. The van der Waals surface area contributed by atoms with Crippen LogP contribution >= 0.6 is 0 Å². The van der Waals surface area contributed by atoms with Crippen LogP contribution in [0.2, 0.25) is 0 Å². The lowest BCUT2D eigenvalue weighted by molar-refractivity contribution is 0.0806. The maximum Gasteiger partial charge on any atom is 0.150 e. The Kier molecular flexibility index (Phi) is 6.69. The maximum absolute atomic E-state index is 10.1. The summed E-state index contributed by atoms with van der Waals surface area (Å²) in [6.07, 6.45) is 1.72. The minimum atomic E-state index is -0.343. The summed E-state index contributed by atoms with van der Waals surface area (Å²) in [6, 6.07) is 20.7. The number of hydrogen-bond acceptors (Lipinski definition) is 5. The summed E-state index contributed by atoms with van der Waals surface area (Å²) in [5.41, 5.74) is 5.24. The highest BCUT2D eigenvalue weighted by Gasteiger charge is 2.30. The second kappa shape index (κ2) is 10.0. The van der Waals surface area contributed by atoms with Crippen molar-refractivity contribution in [2.75, 3.05) is 26.2 Å². The molecule has 3 aromatic carbocycles. The van der Waals surface area contributed by atoms with Crippen molar-refractivity contribution in [1.82, 2.24) is 4.90 Å². The Hall–Kier alpha value is -3.44. The Labute approximate surface area is 207 Å². The van der Waals surface area contributed by atoms with Gasteiger partial charge in [0.15, 0.2) is 0 Å². The largest absolute Gasteiger partial charge is 0.508 e. The fourth-order valence-corrected chi connectivity index (χ4v) is 5.08. The normalized spacial score (nSPS) is 18.1. The molecule has 2 aliphatic rings. The van der Waals surface area contributed by atoms with Gasteiger partial charge in [-0.05, 0) is 65.4 Å². The van der Waals surface area contributed by atoms with Crippen molar-refractivity contribution in [1.29, 1.82) is 0 Å². The molecule has 5 nitrogen and oxygen atoms in total. The Morgan fingerprint density at radius 2 is 1.63 bits per heavy atom. The van der Waals surface area contributed by atoms with Crippen molar-refractivity contribution < 1.29 is 19.7 Å². The van der Waals surface area contributed by atoms with Gasteiger partial charge in [-0.25, -0.2) is 0 Å². The average Bonchev–Trinajstić information content (AvgIpc) is 2.85. The van der Waals surface area contributed by atoms with Gasteiger partial charge in [0.2, 0.25) is 0 Å². The summed E-state index contributed by atoms with van der Waals surface area (Å²) in [6.45, 7) is 8.39. The molecule has 0 saturated carbocycles. The lowest BCUT2D eigenvalue weighted by Gasteiger charge is -2.38. The van der Waals surface area contributed by atoms with Gasteiger partial charge in [-0.3, -0.25) is 4.90 Å². The third-order valence-corrected chi connectivity index (χ3v) is 7.12. The molecule has 1 saturated heterocycles. The molecule has 1 atom stereocenters. The summed E-state index contributed by atoms with van der Waals surface area (Å²) in [5, 5.41) is 19.9. The SMILES string of the molecule is CCC1=C(c2ccc(O)cc2)[C@@H](c2ccc(OCCN3CC(CC)C3)cc2)Oc2cc(O)ccc21. The Bertz CT molecular complexity index is 1190. The number of phenolic OH excluding ortho intramolecular Hbond substituents is 2. The number of likely N-dealkylation sites (tertiary alicyclic amines) is 1. The molecule has 0 aromatic heterocycles. The van der Waals surface area contributed by atoms with Crippen LogP contribution in [-0.2, 0) is 0 Å². The van der Waals surface area contributed by atoms with Crippen LogP contribution < -0.4 is 9.47 Å². The zero-order valence-corrected chi connectivity index (χ0v) is 20.4. The first-order chi connectivity index (χ1) is 17.1. The first-order valence-corrected chi connectivity index (χ1v) is 12.5. The van der Waals surface area contributed by atoms with E-state index in [1.54, 1.807) is 24.3 Å². The zero-order chi connectivity index (χ0) is 24.4. The number of allylic oxidation sites excluding steroid dienone is 1. The number of rotatable bonds is 8. The molecule has 0 radical (unpaired) electrons. The van der Waals surface area contributed by atoms with Crippen LogP contribution in [0.25, 0.3) is 11.1 Å². The molecule has 2 aliphatic heterocycles. The fraction of sp³-hybridized carbons (Fsp3) is 0.333. The number of hydrogen-bond donors (Lipinski definition) is 2. The minimum Gasteiger partial charge on any atom is -0.508 e. The zero-order valence-electron chi connectivity index (χ0n) is 20.4. The van der Waals surface area contributed by atoms with Crippen LogP contribution in [0.5, 0.6) is 23.0 Å². The number of aromatic hydroxyl groups is 2. The lowest BCUT2D eigenvalue weighted by atomic mass is 9.84. The molecule has 35 heavy (non-hydrogen) atoms. The van der Waals surface area contributed by atoms with Gasteiger partial charge < -0.3 is 19.7 Å². The second-order valence-electron chi connectivity index (χ2n) is 9.42. The molecule has 182 valence electrons. The van der Waals surface area contributed by atoms with Gasteiger partial charge >= 0.3 is 0 Å². The van der Waals surface area contributed by atoms with Crippen molar-refractivity contribution in [2.24, 2.45) is 5.92 Å². The molecule has 5 rings (SSSR count). The highest BCUT2D eigenvalue weighted by molar-refractivity contribution is 5.96. The number of fused-ring (bicyclic) bond motifs is 1. The van der Waals surface area contributed by atoms with Gasteiger partial charge in [0.25, 0.3) is 0 Å². The maximum atomic E-state index is 10.1. The molecule has 2 N–H and O–H groups in total. The van der Waals surface area contributed by atoms with E-state index in [9.17, 15) is 10.2 Å². The predicted molar refractivity (Wildman–Crippen MR) is 139 cm³/mol. The highest BCUT2D eigenvalue weighted by Crippen LogP contribution is 2.48. The van der Waals surface area contributed by atoms with E-state index in [0.717, 1.165) is 46.9 Å².